The number of nitrogens with one attached hydrogen (secondary N) is 1. The molecule has 7 heteroatoms. The molecule has 0 atom stereocenters. The summed E-state index contributed by atoms with van der Waals surface area (Å²) < 4.78 is 27.6. The van der Waals surface area contributed by atoms with Crippen LogP contribution in [0.1, 0.15) is 25.3 Å². The molecule has 26 heavy (non-hydrogen) atoms. The third kappa shape index (κ3) is 4.34. The number of sulfonamides is 1. The first-order chi connectivity index (χ1) is 12.3. The van der Waals surface area contributed by atoms with E-state index in [1.54, 1.807) is 24.4 Å². The minimum Gasteiger partial charge on any atom is -0.368 e. The molecule has 1 saturated heterocycles. The number of piperazine rings is 1. The van der Waals surface area contributed by atoms with Crippen LogP contribution in [0.3, 0.4) is 0 Å². The van der Waals surface area contributed by atoms with Gasteiger partial charge in [0, 0.05) is 26.2 Å². The third-order valence-corrected chi connectivity index (χ3v) is 6.08. The zero-order valence-electron chi connectivity index (χ0n) is 15.5. The topological polar surface area (TPSA) is 65.5 Å². The average molecular weight is 375 g/mol. The maximum atomic E-state index is 12.5. The van der Waals surface area contributed by atoms with Gasteiger partial charge in [0.25, 0.3) is 10.0 Å². The summed E-state index contributed by atoms with van der Waals surface area (Å²) in [6.07, 6.45) is 1.73. The van der Waals surface area contributed by atoms with E-state index >= 15 is 0 Å². The summed E-state index contributed by atoms with van der Waals surface area (Å²) in [5.41, 5.74) is 2.13. The summed E-state index contributed by atoms with van der Waals surface area (Å²) in [4.78, 5) is 9.07. The second-order valence-electron chi connectivity index (χ2n) is 7.02. The molecule has 6 nitrogen and oxygen atoms in total. The molecule has 140 valence electrons. The van der Waals surface area contributed by atoms with Crippen molar-refractivity contribution in [3.8, 4) is 0 Å². The van der Waals surface area contributed by atoms with E-state index in [4.69, 9.17) is 0 Å². The van der Waals surface area contributed by atoms with Crippen LogP contribution in [0.4, 0.5) is 11.5 Å². The van der Waals surface area contributed by atoms with E-state index in [0.29, 0.717) is 11.7 Å². The predicted molar refractivity (Wildman–Crippen MR) is 105 cm³/mol. The maximum Gasteiger partial charge on any atom is 0.263 e. The average Bonchev–Trinajstić information content (AvgIpc) is 2.63. The first-order valence-electron chi connectivity index (χ1n) is 8.87. The molecule has 0 saturated carbocycles. The van der Waals surface area contributed by atoms with Gasteiger partial charge in [-0.05, 0) is 42.8 Å². The molecule has 0 amide bonds. The van der Waals surface area contributed by atoms with E-state index in [9.17, 15) is 8.42 Å². The summed E-state index contributed by atoms with van der Waals surface area (Å²) in [6.45, 7) is 8.08. The van der Waals surface area contributed by atoms with Crippen molar-refractivity contribution in [2.24, 2.45) is 0 Å². The Balaban J connectivity index is 1.69. The number of rotatable bonds is 5. The van der Waals surface area contributed by atoms with Gasteiger partial charge in [-0.2, -0.15) is 0 Å². The monoisotopic (exact) mass is 374 g/mol. The molecule has 0 bridgehead atoms. The molecule has 1 aromatic heterocycles. The van der Waals surface area contributed by atoms with Crippen LogP contribution >= 0.6 is 0 Å². The molecule has 1 aliphatic rings. The molecule has 2 aromatic rings. The van der Waals surface area contributed by atoms with E-state index in [1.807, 2.05) is 18.2 Å². The number of hydrogen-bond acceptors (Lipinski definition) is 5. The number of aromatic nitrogens is 1. The summed E-state index contributed by atoms with van der Waals surface area (Å²) in [6, 6.07) is 10.6. The Morgan fingerprint density at radius 3 is 2.19 bits per heavy atom. The Kier molecular flexibility index (Phi) is 5.48. The van der Waals surface area contributed by atoms with Crippen molar-refractivity contribution in [2.45, 2.75) is 24.7 Å². The van der Waals surface area contributed by atoms with Crippen molar-refractivity contribution in [2.75, 3.05) is 42.8 Å². The number of hydrogen-bond donors (Lipinski definition) is 1. The second-order valence-corrected chi connectivity index (χ2v) is 8.70. The van der Waals surface area contributed by atoms with Crippen LogP contribution in [0.5, 0.6) is 0 Å². The fraction of sp³-hybridized carbons (Fsp3) is 0.421. The Labute approximate surface area is 155 Å². The molecule has 1 aromatic carbocycles. The fourth-order valence-corrected chi connectivity index (χ4v) is 3.93. The van der Waals surface area contributed by atoms with Crippen molar-refractivity contribution in [3.63, 3.8) is 0 Å². The maximum absolute atomic E-state index is 12.5. The van der Waals surface area contributed by atoms with Crippen LogP contribution in [-0.4, -0.2) is 51.5 Å². The first kappa shape index (κ1) is 18.7. The number of likely N-dealkylation sites (N-methyl/N-ethyl adjacent to an activating group) is 1. The molecular formula is C19H26N4O2S. The normalized spacial score (nSPS) is 16.1. The van der Waals surface area contributed by atoms with Crippen LogP contribution in [0.25, 0.3) is 0 Å². The van der Waals surface area contributed by atoms with Crippen LogP contribution in [0.2, 0.25) is 0 Å². The highest BCUT2D eigenvalue weighted by Gasteiger charge is 2.17. The molecule has 1 fully saturated rings. The van der Waals surface area contributed by atoms with Gasteiger partial charge < -0.3 is 9.80 Å². The van der Waals surface area contributed by atoms with E-state index < -0.39 is 10.0 Å². The van der Waals surface area contributed by atoms with E-state index in [1.165, 1.54) is 0 Å². The van der Waals surface area contributed by atoms with Gasteiger partial charge in [-0.15, -0.1) is 0 Å². The molecule has 0 aliphatic carbocycles. The Hall–Kier alpha value is -2.12. The minimum atomic E-state index is -3.63. The third-order valence-electron chi connectivity index (χ3n) is 4.71. The lowest BCUT2D eigenvalue weighted by atomic mass is 10.0. The molecule has 0 spiro atoms. The van der Waals surface area contributed by atoms with Gasteiger partial charge >= 0.3 is 0 Å². The van der Waals surface area contributed by atoms with E-state index in [-0.39, 0.29) is 4.90 Å². The van der Waals surface area contributed by atoms with Crippen molar-refractivity contribution >= 4 is 21.5 Å². The van der Waals surface area contributed by atoms with Crippen molar-refractivity contribution < 1.29 is 8.42 Å². The lowest BCUT2D eigenvalue weighted by Gasteiger charge is -2.33. The molecule has 1 aliphatic heterocycles. The van der Waals surface area contributed by atoms with Crippen molar-refractivity contribution in [3.05, 3.63) is 48.2 Å². The SMILES string of the molecule is CC(C)c1ccc(S(=O)(=O)Nc2ccc(N3CCN(C)CC3)cn2)cc1. The zero-order chi connectivity index (χ0) is 18.7. The highest BCUT2D eigenvalue weighted by Crippen LogP contribution is 2.21. The van der Waals surface area contributed by atoms with Crippen LogP contribution < -0.4 is 9.62 Å². The quantitative estimate of drug-likeness (QED) is 0.872. The van der Waals surface area contributed by atoms with Gasteiger partial charge in [0.2, 0.25) is 0 Å². The summed E-state index contributed by atoms with van der Waals surface area (Å²) in [7, 11) is -1.52. The molecule has 1 N–H and O–H groups in total. The van der Waals surface area contributed by atoms with Gasteiger partial charge in [-0.25, -0.2) is 13.4 Å². The Morgan fingerprint density at radius 1 is 1.00 bits per heavy atom. The standard InChI is InChI=1S/C19H26N4O2S/c1-15(2)16-4-7-18(8-5-16)26(24,25)21-19-9-6-17(14-20-19)23-12-10-22(3)11-13-23/h4-9,14-15H,10-13H2,1-3H3,(H,20,21). The largest absolute Gasteiger partial charge is 0.368 e. The summed E-state index contributed by atoms with van der Waals surface area (Å²) >= 11 is 0. The van der Waals surface area contributed by atoms with E-state index in [2.05, 4.69) is 40.4 Å². The number of anilines is 2. The summed E-state index contributed by atoms with van der Waals surface area (Å²) in [5.74, 6) is 0.694. The van der Waals surface area contributed by atoms with Gasteiger partial charge in [-0.1, -0.05) is 26.0 Å². The van der Waals surface area contributed by atoms with Crippen molar-refractivity contribution in [1.82, 2.24) is 9.88 Å². The highest BCUT2D eigenvalue weighted by molar-refractivity contribution is 7.92. The lowest BCUT2D eigenvalue weighted by molar-refractivity contribution is 0.313. The number of nitrogens with zero attached hydrogens (tertiary/aromatic N) is 3. The van der Waals surface area contributed by atoms with Gasteiger partial charge in [0.15, 0.2) is 0 Å². The van der Waals surface area contributed by atoms with Gasteiger partial charge in [-0.3, -0.25) is 4.72 Å². The van der Waals surface area contributed by atoms with Crippen LogP contribution in [-0.2, 0) is 10.0 Å². The molecule has 0 unspecified atom stereocenters. The highest BCUT2D eigenvalue weighted by atomic mass is 32.2. The molecule has 3 rings (SSSR count). The smallest absolute Gasteiger partial charge is 0.263 e. The molecular weight excluding hydrogens is 348 g/mol. The van der Waals surface area contributed by atoms with Crippen LogP contribution in [0.15, 0.2) is 47.5 Å². The van der Waals surface area contributed by atoms with Gasteiger partial charge in [0.1, 0.15) is 5.82 Å². The lowest BCUT2D eigenvalue weighted by Crippen LogP contribution is -2.44. The van der Waals surface area contributed by atoms with Crippen molar-refractivity contribution in [1.29, 1.82) is 0 Å². The summed E-state index contributed by atoms with van der Waals surface area (Å²) in [5, 5.41) is 0. The second kappa shape index (κ2) is 7.63. The number of pyridine rings is 1. The Bertz CT molecular complexity index is 825. The van der Waals surface area contributed by atoms with Gasteiger partial charge in [0.05, 0.1) is 16.8 Å². The molecule has 2 heterocycles. The number of benzene rings is 1. The Morgan fingerprint density at radius 2 is 1.65 bits per heavy atom. The first-order valence-corrected chi connectivity index (χ1v) is 10.4. The predicted octanol–water partition coefficient (Wildman–Crippen LogP) is 2.76. The fourth-order valence-electron chi connectivity index (χ4n) is 2.93. The minimum absolute atomic E-state index is 0.242. The molecule has 0 radical (unpaired) electrons. The zero-order valence-corrected chi connectivity index (χ0v) is 16.3. The van der Waals surface area contributed by atoms with Crippen LogP contribution in [0, 0.1) is 0 Å². The van der Waals surface area contributed by atoms with E-state index in [0.717, 1.165) is 37.4 Å².